The van der Waals surface area contributed by atoms with Gasteiger partial charge in [0.15, 0.2) is 5.82 Å². The first-order valence-corrected chi connectivity index (χ1v) is 7.18. The van der Waals surface area contributed by atoms with Crippen molar-refractivity contribution in [3.63, 3.8) is 0 Å². The molecule has 2 rings (SSSR count). The van der Waals surface area contributed by atoms with Crippen molar-refractivity contribution in [1.29, 1.82) is 0 Å². The van der Waals surface area contributed by atoms with Crippen LogP contribution in [0.4, 0.5) is 13.2 Å². The molecule has 0 saturated heterocycles. The molecule has 0 radical (unpaired) electrons. The Morgan fingerprint density at radius 3 is 2.35 bits per heavy atom. The molecule has 2 aromatic rings. The predicted octanol–water partition coefficient (Wildman–Crippen LogP) is 3.02. The van der Waals surface area contributed by atoms with E-state index in [0.717, 1.165) is 12.1 Å². The van der Waals surface area contributed by atoms with Crippen LogP contribution in [0.2, 0.25) is 0 Å². The molecule has 2 unspecified atom stereocenters. The number of halogens is 3. The van der Waals surface area contributed by atoms with Gasteiger partial charge in [-0.1, -0.05) is 12.1 Å². The molecule has 0 bridgehead atoms. The average Bonchev–Trinajstić information content (AvgIpc) is 2.52. The van der Waals surface area contributed by atoms with Gasteiger partial charge in [-0.3, -0.25) is 0 Å². The summed E-state index contributed by atoms with van der Waals surface area (Å²) < 4.78 is 37.7. The Bertz CT molecular complexity index is 642. The number of hydrogen-bond acceptors (Lipinski definition) is 4. The van der Waals surface area contributed by atoms with Gasteiger partial charge < -0.3 is 10.4 Å². The van der Waals surface area contributed by atoms with E-state index in [0.29, 0.717) is 23.6 Å². The van der Waals surface area contributed by atoms with Crippen LogP contribution in [-0.4, -0.2) is 27.2 Å². The summed E-state index contributed by atoms with van der Waals surface area (Å²) in [7, 11) is 0. The highest BCUT2D eigenvalue weighted by Gasteiger charge is 2.30. The molecule has 0 fully saturated rings. The van der Waals surface area contributed by atoms with Crippen LogP contribution in [0.5, 0.6) is 0 Å². The van der Waals surface area contributed by atoms with E-state index in [1.54, 1.807) is 19.2 Å². The smallest absolute Gasteiger partial charge is 0.392 e. The van der Waals surface area contributed by atoms with Crippen molar-refractivity contribution >= 4 is 0 Å². The third-order valence-corrected chi connectivity index (χ3v) is 3.51. The zero-order chi connectivity index (χ0) is 17.0. The minimum atomic E-state index is -4.36. The van der Waals surface area contributed by atoms with E-state index in [4.69, 9.17) is 0 Å². The summed E-state index contributed by atoms with van der Waals surface area (Å²) in [5.41, 5.74) is 0.510. The van der Waals surface area contributed by atoms with Gasteiger partial charge >= 0.3 is 6.18 Å². The van der Waals surface area contributed by atoms with Gasteiger partial charge in [-0.15, -0.1) is 0 Å². The van der Waals surface area contributed by atoms with Crippen LogP contribution in [0.3, 0.4) is 0 Å². The van der Waals surface area contributed by atoms with Crippen molar-refractivity contribution in [3.05, 3.63) is 47.8 Å². The van der Waals surface area contributed by atoms with Crippen molar-refractivity contribution in [3.8, 4) is 11.4 Å². The maximum atomic E-state index is 12.6. The van der Waals surface area contributed by atoms with Crippen molar-refractivity contribution in [2.75, 3.05) is 0 Å². The SMILES string of the molecule is CC(O)C(C)NCc1ccnc(-c2ccc(C(F)(F)F)cc2)n1. The Morgan fingerprint density at radius 1 is 1.13 bits per heavy atom. The van der Waals surface area contributed by atoms with Crippen molar-refractivity contribution in [1.82, 2.24) is 15.3 Å². The number of rotatable bonds is 5. The molecule has 1 aromatic heterocycles. The summed E-state index contributed by atoms with van der Waals surface area (Å²) in [6.45, 7) is 3.97. The van der Waals surface area contributed by atoms with Crippen LogP contribution < -0.4 is 5.32 Å². The number of nitrogens with zero attached hydrogens (tertiary/aromatic N) is 2. The molecule has 1 aromatic carbocycles. The Morgan fingerprint density at radius 2 is 1.78 bits per heavy atom. The summed E-state index contributed by atoms with van der Waals surface area (Å²) in [5.74, 6) is 0.364. The van der Waals surface area contributed by atoms with E-state index in [2.05, 4.69) is 15.3 Å². The van der Waals surface area contributed by atoms with E-state index < -0.39 is 17.8 Å². The predicted molar refractivity (Wildman–Crippen MR) is 80.5 cm³/mol. The highest BCUT2D eigenvalue weighted by Crippen LogP contribution is 2.30. The number of aliphatic hydroxyl groups excluding tert-OH is 1. The van der Waals surface area contributed by atoms with E-state index in [-0.39, 0.29) is 6.04 Å². The highest BCUT2D eigenvalue weighted by molar-refractivity contribution is 5.55. The lowest BCUT2D eigenvalue weighted by atomic mass is 10.1. The van der Waals surface area contributed by atoms with Gasteiger partial charge in [0.05, 0.1) is 17.4 Å². The molecule has 23 heavy (non-hydrogen) atoms. The van der Waals surface area contributed by atoms with Gasteiger partial charge in [0.25, 0.3) is 0 Å². The van der Waals surface area contributed by atoms with Gasteiger partial charge in [-0.2, -0.15) is 13.2 Å². The summed E-state index contributed by atoms with van der Waals surface area (Å²) in [6.07, 6.45) is -3.29. The fourth-order valence-electron chi connectivity index (χ4n) is 1.88. The van der Waals surface area contributed by atoms with Crippen LogP contribution in [0.1, 0.15) is 25.1 Å². The second kappa shape index (κ2) is 7.06. The molecule has 4 nitrogen and oxygen atoms in total. The lowest BCUT2D eigenvalue weighted by molar-refractivity contribution is -0.137. The Labute approximate surface area is 132 Å². The Balaban J connectivity index is 2.13. The first-order chi connectivity index (χ1) is 10.8. The summed E-state index contributed by atoms with van der Waals surface area (Å²) in [6, 6.07) is 6.36. The molecule has 124 valence electrons. The lowest BCUT2D eigenvalue weighted by Crippen LogP contribution is -2.35. The minimum Gasteiger partial charge on any atom is -0.392 e. The zero-order valence-corrected chi connectivity index (χ0v) is 12.8. The molecule has 0 amide bonds. The molecule has 2 atom stereocenters. The number of nitrogens with one attached hydrogen (secondary N) is 1. The van der Waals surface area contributed by atoms with Gasteiger partial charge in [-0.25, -0.2) is 9.97 Å². The standard InChI is InChI=1S/C16H18F3N3O/c1-10(11(2)23)21-9-14-7-8-20-15(22-14)12-3-5-13(6-4-12)16(17,18)19/h3-8,10-11,21,23H,9H2,1-2H3. The van der Waals surface area contributed by atoms with Crippen LogP contribution in [0.15, 0.2) is 36.5 Å². The molecule has 0 aliphatic rings. The molecule has 2 N–H and O–H groups in total. The first kappa shape index (κ1) is 17.4. The van der Waals surface area contributed by atoms with Gasteiger partial charge in [-0.05, 0) is 32.0 Å². The topological polar surface area (TPSA) is 58.0 Å². The second-order valence-corrected chi connectivity index (χ2v) is 5.36. The molecule has 7 heteroatoms. The Kier molecular flexibility index (Phi) is 5.33. The van der Waals surface area contributed by atoms with Crippen molar-refractivity contribution < 1.29 is 18.3 Å². The number of aliphatic hydroxyl groups is 1. The molecule has 0 saturated carbocycles. The summed E-state index contributed by atoms with van der Waals surface area (Å²) >= 11 is 0. The third kappa shape index (κ3) is 4.74. The van der Waals surface area contributed by atoms with Crippen LogP contribution in [0, 0.1) is 0 Å². The van der Waals surface area contributed by atoms with E-state index >= 15 is 0 Å². The maximum absolute atomic E-state index is 12.6. The molecule has 0 aliphatic heterocycles. The van der Waals surface area contributed by atoms with E-state index in [1.165, 1.54) is 12.1 Å². The minimum absolute atomic E-state index is 0.0977. The number of benzene rings is 1. The fraction of sp³-hybridized carbons (Fsp3) is 0.375. The summed E-state index contributed by atoms with van der Waals surface area (Å²) in [4.78, 5) is 8.42. The van der Waals surface area contributed by atoms with Gasteiger partial charge in [0, 0.05) is 24.3 Å². The first-order valence-electron chi connectivity index (χ1n) is 7.18. The average molecular weight is 325 g/mol. The molecular weight excluding hydrogens is 307 g/mol. The van der Waals surface area contributed by atoms with Crippen LogP contribution in [0.25, 0.3) is 11.4 Å². The van der Waals surface area contributed by atoms with Gasteiger partial charge in [0.1, 0.15) is 0 Å². The quantitative estimate of drug-likeness (QED) is 0.887. The van der Waals surface area contributed by atoms with Gasteiger partial charge in [0.2, 0.25) is 0 Å². The van der Waals surface area contributed by atoms with E-state index in [9.17, 15) is 18.3 Å². The number of hydrogen-bond donors (Lipinski definition) is 2. The molecular formula is C16H18F3N3O. The second-order valence-electron chi connectivity index (χ2n) is 5.36. The maximum Gasteiger partial charge on any atom is 0.416 e. The Hall–Kier alpha value is -1.99. The van der Waals surface area contributed by atoms with E-state index in [1.807, 2.05) is 6.92 Å². The molecule has 1 heterocycles. The molecule has 0 aliphatic carbocycles. The van der Waals surface area contributed by atoms with Crippen molar-refractivity contribution in [2.24, 2.45) is 0 Å². The number of aromatic nitrogens is 2. The zero-order valence-electron chi connectivity index (χ0n) is 12.8. The largest absolute Gasteiger partial charge is 0.416 e. The van der Waals surface area contributed by atoms with Crippen LogP contribution >= 0.6 is 0 Å². The normalized spacial score (nSPS) is 14.5. The monoisotopic (exact) mass is 325 g/mol. The molecule has 0 spiro atoms. The highest BCUT2D eigenvalue weighted by atomic mass is 19.4. The van der Waals surface area contributed by atoms with Crippen LogP contribution in [-0.2, 0) is 12.7 Å². The van der Waals surface area contributed by atoms with Crippen molar-refractivity contribution in [2.45, 2.75) is 38.7 Å². The third-order valence-electron chi connectivity index (χ3n) is 3.51. The number of alkyl halides is 3. The fourth-order valence-corrected chi connectivity index (χ4v) is 1.88. The lowest BCUT2D eigenvalue weighted by Gasteiger charge is -2.16. The summed E-state index contributed by atoms with van der Waals surface area (Å²) in [5, 5.41) is 12.6.